The highest BCUT2D eigenvalue weighted by molar-refractivity contribution is 7.89. The number of ether oxygens (including phenoxy) is 1. The lowest BCUT2D eigenvalue weighted by atomic mass is 10.3. The van der Waals surface area contributed by atoms with E-state index in [4.69, 9.17) is 16.3 Å². The van der Waals surface area contributed by atoms with Gasteiger partial charge in [0.1, 0.15) is 5.82 Å². The van der Waals surface area contributed by atoms with Gasteiger partial charge in [0.15, 0.2) is 0 Å². The SMILES string of the molecule is CCOC(=O)CCN(CC1CC1)S(=O)(=O)c1ccc(F)c(Cl)c1. The van der Waals surface area contributed by atoms with Crippen molar-refractivity contribution < 1.29 is 22.3 Å². The van der Waals surface area contributed by atoms with Gasteiger partial charge in [-0.2, -0.15) is 4.31 Å². The Kier molecular flexibility index (Phi) is 6.00. The predicted molar refractivity (Wildman–Crippen MR) is 84.1 cm³/mol. The highest BCUT2D eigenvalue weighted by Gasteiger charge is 2.32. The Hall–Kier alpha value is -1.18. The molecule has 2 rings (SSSR count). The van der Waals surface area contributed by atoms with Crippen LogP contribution in [0, 0.1) is 11.7 Å². The van der Waals surface area contributed by atoms with Crippen molar-refractivity contribution >= 4 is 27.6 Å². The van der Waals surface area contributed by atoms with Gasteiger partial charge in [0.2, 0.25) is 10.0 Å². The van der Waals surface area contributed by atoms with Gasteiger partial charge in [-0.05, 0) is 43.9 Å². The van der Waals surface area contributed by atoms with Crippen LogP contribution in [0.25, 0.3) is 0 Å². The minimum absolute atomic E-state index is 0.0191. The quantitative estimate of drug-likeness (QED) is 0.666. The molecule has 23 heavy (non-hydrogen) atoms. The first-order chi connectivity index (χ1) is 10.8. The van der Waals surface area contributed by atoms with Gasteiger partial charge in [-0.15, -0.1) is 0 Å². The third-order valence-corrected chi connectivity index (χ3v) is 5.71. The fourth-order valence-electron chi connectivity index (χ4n) is 2.13. The van der Waals surface area contributed by atoms with E-state index in [1.54, 1.807) is 6.92 Å². The largest absolute Gasteiger partial charge is 0.466 e. The molecule has 1 aromatic carbocycles. The van der Waals surface area contributed by atoms with Crippen LogP contribution in [-0.4, -0.2) is 38.4 Å². The van der Waals surface area contributed by atoms with E-state index in [1.807, 2.05) is 0 Å². The van der Waals surface area contributed by atoms with Crippen molar-refractivity contribution in [1.29, 1.82) is 0 Å². The second kappa shape index (κ2) is 7.59. The molecule has 0 bridgehead atoms. The second-order valence-electron chi connectivity index (χ2n) is 5.44. The van der Waals surface area contributed by atoms with E-state index in [9.17, 15) is 17.6 Å². The molecule has 0 spiro atoms. The number of nitrogens with zero attached hydrogens (tertiary/aromatic N) is 1. The minimum Gasteiger partial charge on any atom is -0.466 e. The fourth-order valence-corrected chi connectivity index (χ4v) is 3.92. The maximum atomic E-state index is 13.2. The summed E-state index contributed by atoms with van der Waals surface area (Å²) in [7, 11) is -3.83. The molecule has 0 amide bonds. The van der Waals surface area contributed by atoms with Gasteiger partial charge in [0, 0.05) is 13.1 Å². The van der Waals surface area contributed by atoms with Crippen molar-refractivity contribution in [3.63, 3.8) is 0 Å². The molecule has 0 radical (unpaired) electrons. The maximum Gasteiger partial charge on any atom is 0.307 e. The zero-order valence-electron chi connectivity index (χ0n) is 12.8. The van der Waals surface area contributed by atoms with Gasteiger partial charge >= 0.3 is 5.97 Å². The zero-order valence-corrected chi connectivity index (χ0v) is 14.4. The normalized spacial score (nSPS) is 15.0. The summed E-state index contributed by atoms with van der Waals surface area (Å²) in [6, 6.07) is 3.30. The first kappa shape index (κ1) is 18.2. The molecule has 0 unspecified atom stereocenters. The van der Waals surface area contributed by atoms with Crippen LogP contribution < -0.4 is 0 Å². The third-order valence-electron chi connectivity index (χ3n) is 3.56. The summed E-state index contributed by atoms with van der Waals surface area (Å²) in [5.41, 5.74) is 0. The Morgan fingerprint density at radius 2 is 2.13 bits per heavy atom. The highest BCUT2D eigenvalue weighted by Crippen LogP contribution is 2.32. The molecule has 0 heterocycles. The topological polar surface area (TPSA) is 63.7 Å². The van der Waals surface area contributed by atoms with E-state index in [1.165, 1.54) is 10.4 Å². The number of hydrogen-bond acceptors (Lipinski definition) is 4. The van der Waals surface area contributed by atoms with E-state index in [2.05, 4.69) is 0 Å². The summed E-state index contributed by atoms with van der Waals surface area (Å²) in [6.45, 7) is 2.32. The van der Waals surface area contributed by atoms with Gasteiger partial charge < -0.3 is 4.74 Å². The zero-order chi connectivity index (χ0) is 17.0. The molecule has 1 aromatic rings. The molecule has 1 aliphatic rings. The van der Waals surface area contributed by atoms with Gasteiger partial charge in [-0.3, -0.25) is 4.79 Å². The molecule has 1 fully saturated rings. The lowest BCUT2D eigenvalue weighted by Crippen LogP contribution is -2.35. The average Bonchev–Trinajstić information content (AvgIpc) is 3.30. The van der Waals surface area contributed by atoms with Crippen LogP contribution in [0.3, 0.4) is 0 Å². The highest BCUT2D eigenvalue weighted by atomic mass is 35.5. The molecule has 0 aliphatic heterocycles. The van der Waals surface area contributed by atoms with Crippen molar-refractivity contribution in [3.8, 4) is 0 Å². The third kappa shape index (κ3) is 4.89. The molecule has 0 saturated heterocycles. The van der Waals surface area contributed by atoms with Crippen molar-refractivity contribution in [2.24, 2.45) is 5.92 Å². The van der Waals surface area contributed by atoms with Crippen molar-refractivity contribution in [1.82, 2.24) is 4.31 Å². The molecule has 5 nitrogen and oxygen atoms in total. The fraction of sp³-hybridized carbons (Fsp3) is 0.533. The first-order valence-corrected chi connectivity index (χ1v) is 9.27. The lowest BCUT2D eigenvalue weighted by molar-refractivity contribution is -0.143. The number of esters is 1. The number of benzene rings is 1. The molecule has 0 atom stereocenters. The summed E-state index contributed by atoms with van der Waals surface area (Å²) < 4.78 is 44.8. The van der Waals surface area contributed by atoms with E-state index < -0.39 is 21.8 Å². The number of carbonyl (C=O) groups excluding carboxylic acids is 1. The summed E-state index contributed by atoms with van der Waals surface area (Å²) >= 11 is 5.68. The lowest BCUT2D eigenvalue weighted by Gasteiger charge is -2.22. The Bertz CT molecular complexity index is 676. The average molecular weight is 364 g/mol. The summed E-state index contributed by atoms with van der Waals surface area (Å²) in [6.07, 6.45) is 1.92. The Morgan fingerprint density at radius 3 is 2.70 bits per heavy atom. The van der Waals surface area contributed by atoms with Gasteiger partial charge in [0.05, 0.1) is 22.9 Å². The smallest absolute Gasteiger partial charge is 0.307 e. The molecule has 128 valence electrons. The monoisotopic (exact) mass is 363 g/mol. The maximum absolute atomic E-state index is 13.2. The number of rotatable bonds is 8. The van der Waals surface area contributed by atoms with Crippen LogP contribution in [-0.2, 0) is 19.6 Å². The van der Waals surface area contributed by atoms with E-state index in [-0.39, 0.29) is 29.5 Å². The van der Waals surface area contributed by atoms with Crippen LogP contribution in [0.1, 0.15) is 26.2 Å². The van der Waals surface area contributed by atoms with Crippen LogP contribution >= 0.6 is 11.6 Å². The van der Waals surface area contributed by atoms with Gasteiger partial charge in [0.25, 0.3) is 0 Å². The molecule has 0 aromatic heterocycles. The Morgan fingerprint density at radius 1 is 1.43 bits per heavy atom. The van der Waals surface area contributed by atoms with Crippen LogP contribution in [0.5, 0.6) is 0 Å². The molecule has 0 N–H and O–H groups in total. The van der Waals surface area contributed by atoms with E-state index >= 15 is 0 Å². The van der Waals surface area contributed by atoms with Gasteiger partial charge in [-0.25, -0.2) is 12.8 Å². The van der Waals surface area contributed by atoms with Crippen LogP contribution in [0.4, 0.5) is 4.39 Å². The van der Waals surface area contributed by atoms with E-state index in [0.717, 1.165) is 25.0 Å². The van der Waals surface area contributed by atoms with Crippen molar-refractivity contribution in [2.45, 2.75) is 31.1 Å². The van der Waals surface area contributed by atoms with Crippen molar-refractivity contribution in [3.05, 3.63) is 29.0 Å². The summed E-state index contributed by atoms with van der Waals surface area (Å²) in [5.74, 6) is -0.811. The standard InChI is InChI=1S/C15H19ClFNO4S/c1-2-22-15(19)7-8-18(10-11-3-4-11)23(20,21)12-5-6-14(17)13(16)9-12/h5-6,9,11H,2-4,7-8,10H2,1H3. The number of halogens is 2. The molecular formula is C15H19ClFNO4S. The molecule has 1 aliphatic carbocycles. The second-order valence-corrected chi connectivity index (χ2v) is 7.78. The van der Waals surface area contributed by atoms with E-state index in [0.29, 0.717) is 12.5 Å². The summed E-state index contributed by atoms with van der Waals surface area (Å²) in [5, 5.41) is -0.247. The van der Waals surface area contributed by atoms with Crippen molar-refractivity contribution in [2.75, 3.05) is 19.7 Å². The number of hydrogen-bond donors (Lipinski definition) is 0. The van der Waals surface area contributed by atoms with Crippen LogP contribution in [0.2, 0.25) is 5.02 Å². The molecule has 1 saturated carbocycles. The number of sulfonamides is 1. The Balaban J connectivity index is 2.17. The first-order valence-electron chi connectivity index (χ1n) is 7.45. The van der Waals surface area contributed by atoms with Crippen LogP contribution in [0.15, 0.2) is 23.1 Å². The van der Waals surface area contributed by atoms with Gasteiger partial charge in [-0.1, -0.05) is 11.6 Å². The molecule has 8 heteroatoms. The number of carbonyl (C=O) groups is 1. The minimum atomic E-state index is -3.83. The Labute approximate surface area is 140 Å². The predicted octanol–water partition coefficient (Wildman–Crippen LogP) is 2.83. The summed E-state index contributed by atoms with van der Waals surface area (Å²) in [4.78, 5) is 11.4. The molecular weight excluding hydrogens is 345 g/mol.